The summed E-state index contributed by atoms with van der Waals surface area (Å²) >= 11 is 0. The molecule has 0 aliphatic carbocycles. The third-order valence-electron chi connectivity index (χ3n) is 4.23. The first-order chi connectivity index (χ1) is 10.3. The Morgan fingerprint density at radius 1 is 0.714 bits per heavy atom. The van der Waals surface area contributed by atoms with Gasteiger partial charge in [0.1, 0.15) is 0 Å². The average molecular weight is 294 g/mol. The number of ether oxygens (including phenoxy) is 3. The van der Waals surface area contributed by atoms with E-state index >= 15 is 0 Å². The van der Waals surface area contributed by atoms with E-state index in [1.165, 1.54) is 25.7 Å². The molecular weight excluding hydrogens is 264 g/mol. The molecule has 0 aromatic rings. The average Bonchev–Trinajstić information content (AvgIpc) is 3.37. The highest BCUT2D eigenvalue weighted by Crippen LogP contribution is 2.30. The fourth-order valence-electron chi connectivity index (χ4n) is 2.81. The Morgan fingerprint density at radius 3 is 1.62 bits per heavy atom. The third kappa shape index (κ3) is 6.77. The zero-order chi connectivity index (χ0) is 14.9. The molecule has 4 unspecified atom stereocenters. The molecule has 21 heavy (non-hydrogen) atoms. The van der Waals surface area contributed by atoms with Crippen molar-refractivity contribution in [3.63, 3.8) is 0 Å². The zero-order valence-electron chi connectivity index (χ0n) is 13.2. The van der Waals surface area contributed by atoms with Crippen molar-refractivity contribution in [2.24, 2.45) is 0 Å². The fraction of sp³-hybridized carbons (Fsp3) is 0.778. The van der Waals surface area contributed by atoms with Crippen LogP contribution in [0.3, 0.4) is 0 Å². The first-order valence-corrected chi connectivity index (χ1v) is 8.45. The summed E-state index contributed by atoms with van der Waals surface area (Å²) in [6.45, 7) is 9.25. The van der Waals surface area contributed by atoms with Crippen LogP contribution < -0.4 is 0 Å². The Balaban J connectivity index is 1.28. The monoisotopic (exact) mass is 294 g/mol. The number of hydrogen-bond acceptors (Lipinski definition) is 3. The minimum absolute atomic E-state index is 0.456. The fourth-order valence-corrected chi connectivity index (χ4v) is 2.81. The van der Waals surface area contributed by atoms with Crippen molar-refractivity contribution in [1.82, 2.24) is 0 Å². The predicted molar refractivity (Wildman–Crippen MR) is 85.5 cm³/mol. The Kier molecular flexibility index (Phi) is 7.48. The lowest BCUT2D eigenvalue weighted by Crippen LogP contribution is -2.00. The molecule has 3 nitrogen and oxygen atoms in total. The van der Waals surface area contributed by atoms with Crippen LogP contribution in [0, 0.1) is 0 Å². The minimum Gasteiger partial charge on any atom is -0.381 e. The van der Waals surface area contributed by atoms with Crippen molar-refractivity contribution in [3.8, 4) is 0 Å². The Morgan fingerprint density at radius 2 is 1.19 bits per heavy atom. The molecule has 3 heteroatoms. The van der Waals surface area contributed by atoms with Crippen LogP contribution in [0.15, 0.2) is 25.3 Å². The summed E-state index contributed by atoms with van der Waals surface area (Å²) < 4.78 is 16.8. The van der Waals surface area contributed by atoms with Crippen LogP contribution in [0.2, 0.25) is 0 Å². The maximum Gasteiger partial charge on any atom is 0.0876 e. The number of rotatable bonds is 14. The molecule has 0 amide bonds. The summed E-state index contributed by atoms with van der Waals surface area (Å²) in [5, 5.41) is 0. The SMILES string of the molecule is C=CCC1OC1CCCCOCCCCC1OC1CC=C. The van der Waals surface area contributed by atoms with Gasteiger partial charge in [0.15, 0.2) is 0 Å². The smallest absolute Gasteiger partial charge is 0.0876 e. The summed E-state index contributed by atoms with van der Waals surface area (Å²) in [4.78, 5) is 0. The van der Waals surface area contributed by atoms with E-state index in [4.69, 9.17) is 14.2 Å². The molecule has 4 atom stereocenters. The second kappa shape index (κ2) is 9.39. The molecule has 2 aliphatic rings. The number of epoxide rings is 2. The van der Waals surface area contributed by atoms with Gasteiger partial charge in [-0.05, 0) is 51.4 Å². The minimum atomic E-state index is 0.456. The van der Waals surface area contributed by atoms with E-state index in [-0.39, 0.29) is 0 Å². The Bertz CT molecular complexity index is 286. The van der Waals surface area contributed by atoms with Gasteiger partial charge < -0.3 is 14.2 Å². The van der Waals surface area contributed by atoms with Crippen molar-refractivity contribution < 1.29 is 14.2 Å². The van der Waals surface area contributed by atoms with Gasteiger partial charge in [-0.1, -0.05) is 12.2 Å². The van der Waals surface area contributed by atoms with Crippen LogP contribution in [-0.2, 0) is 14.2 Å². The normalized spacial score (nSPS) is 30.1. The second-order valence-corrected chi connectivity index (χ2v) is 6.08. The van der Waals surface area contributed by atoms with E-state index < -0.39 is 0 Å². The lowest BCUT2D eigenvalue weighted by Gasteiger charge is -2.03. The highest BCUT2D eigenvalue weighted by atomic mass is 16.6. The summed E-state index contributed by atoms with van der Waals surface area (Å²) in [5.41, 5.74) is 0. The van der Waals surface area contributed by atoms with Gasteiger partial charge in [0.2, 0.25) is 0 Å². The molecule has 2 fully saturated rings. The van der Waals surface area contributed by atoms with Gasteiger partial charge in [-0.2, -0.15) is 0 Å². The van der Waals surface area contributed by atoms with E-state index in [1.54, 1.807) is 0 Å². The van der Waals surface area contributed by atoms with Crippen LogP contribution in [0.5, 0.6) is 0 Å². The molecule has 2 rings (SSSR count). The van der Waals surface area contributed by atoms with E-state index in [2.05, 4.69) is 13.2 Å². The van der Waals surface area contributed by atoms with Gasteiger partial charge in [0, 0.05) is 13.2 Å². The molecule has 120 valence electrons. The predicted octanol–water partition coefficient (Wildman–Crippen LogP) is 4.03. The number of hydrogen-bond donors (Lipinski definition) is 0. The topological polar surface area (TPSA) is 34.3 Å². The van der Waals surface area contributed by atoms with Gasteiger partial charge in [0.25, 0.3) is 0 Å². The van der Waals surface area contributed by atoms with E-state index in [1.807, 2.05) is 12.2 Å². The zero-order valence-corrected chi connectivity index (χ0v) is 13.2. The highest BCUT2D eigenvalue weighted by molar-refractivity contribution is 4.90. The molecule has 0 saturated carbocycles. The molecule has 0 bridgehead atoms. The molecular formula is C18H30O3. The van der Waals surface area contributed by atoms with Crippen LogP contribution >= 0.6 is 0 Å². The Hall–Kier alpha value is -0.640. The van der Waals surface area contributed by atoms with Crippen LogP contribution in [0.25, 0.3) is 0 Å². The summed E-state index contributed by atoms with van der Waals surface area (Å²) in [6, 6.07) is 0. The lowest BCUT2D eigenvalue weighted by molar-refractivity contribution is 0.125. The molecule has 2 heterocycles. The van der Waals surface area contributed by atoms with E-state index in [0.29, 0.717) is 24.4 Å². The van der Waals surface area contributed by atoms with Gasteiger partial charge in [0.05, 0.1) is 24.4 Å². The van der Waals surface area contributed by atoms with E-state index in [9.17, 15) is 0 Å². The first-order valence-electron chi connectivity index (χ1n) is 8.45. The largest absolute Gasteiger partial charge is 0.381 e. The summed E-state index contributed by atoms with van der Waals surface area (Å²) in [5.74, 6) is 0. The van der Waals surface area contributed by atoms with Crippen LogP contribution in [-0.4, -0.2) is 37.6 Å². The first kappa shape index (κ1) is 16.7. The van der Waals surface area contributed by atoms with Gasteiger partial charge in [-0.15, -0.1) is 13.2 Å². The molecule has 0 aromatic heterocycles. The molecule has 0 N–H and O–H groups in total. The molecule has 0 radical (unpaired) electrons. The standard InChI is InChI=1S/C18H30O3/c1-3-9-15-17(20-15)11-5-7-13-19-14-8-6-12-18-16(21-18)10-4-2/h3-4,15-18H,1-2,5-14H2. The highest BCUT2D eigenvalue weighted by Gasteiger charge is 2.36. The van der Waals surface area contributed by atoms with Gasteiger partial charge in [-0.25, -0.2) is 0 Å². The third-order valence-corrected chi connectivity index (χ3v) is 4.23. The molecule has 0 spiro atoms. The van der Waals surface area contributed by atoms with Crippen LogP contribution in [0.1, 0.15) is 51.4 Å². The lowest BCUT2D eigenvalue weighted by atomic mass is 10.1. The van der Waals surface area contributed by atoms with Crippen molar-refractivity contribution in [2.45, 2.75) is 75.8 Å². The van der Waals surface area contributed by atoms with Gasteiger partial charge in [-0.3, -0.25) is 0 Å². The molecule has 2 saturated heterocycles. The molecule has 2 aliphatic heterocycles. The maximum absolute atomic E-state index is 5.67. The summed E-state index contributed by atoms with van der Waals surface area (Å²) in [7, 11) is 0. The molecule has 0 aromatic carbocycles. The number of unbranched alkanes of at least 4 members (excludes halogenated alkanes) is 2. The van der Waals surface area contributed by atoms with Crippen LogP contribution in [0.4, 0.5) is 0 Å². The second-order valence-electron chi connectivity index (χ2n) is 6.08. The van der Waals surface area contributed by atoms with Crippen molar-refractivity contribution in [2.75, 3.05) is 13.2 Å². The van der Waals surface area contributed by atoms with Gasteiger partial charge >= 0.3 is 0 Å². The van der Waals surface area contributed by atoms with Crippen molar-refractivity contribution in [1.29, 1.82) is 0 Å². The maximum atomic E-state index is 5.67. The summed E-state index contributed by atoms with van der Waals surface area (Å²) in [6.07, 6.45) is 14.8. The van der Waals surface area contributed by atoms with Crippen molar-refractivity contribution >= 4 is 0 Å². The quantitative estimate of drug-likeness (QED) is 0.275. The van der Waals surface area contributed by atoms with E-state index in [0.717, 1.165) is 38.9 Å². The Labute approximate surface area is 129 Å². The van der Waals surface area contributed by atoms with Crippen molar-refractivity contribution in [3.05, 3.63) is 25.3 Å².